The number of carbonyl (C=O) groups excluding carboxylic acids is 1. The Morgan fingerprint density at radius 2 is 2.03 bits per heavy atom. The van der Waals surface area contributed by atoms with Gasteiger partial charge >= 0.3 is 0 Å². The van der Waals surface area contributed by atoms with Gasteiger partial charge in [0.05, 0.1) is 34.6 Å². The third-order valence-corrected chi connectivity index (χ3v) is 5.40. The Hall–Kier alpha value is -3.72. The summed E-state index contributed by atoms with van der Waals surface area (Å²) in [6, 6.07) is 14.6. The first-order chi connectivity index (χ1) is 14.5. The summed E-state index contributed by atoms with van der Waals surface area (Å²) >= 11 is 1.36. The molecule has 2 aromatic heterocycles. The highest BCUT2D eigenvalue weighted by molar-refractivity contribution is 7.22. The highest BCUT2D eigenvalue weighted by Crippen LogP contribution is 2.33. The van der Waals surface area contributed by atoms with Crippen LogP contribution in [0.1, 0.15) is 23.0 Å². The molecule has 0 radical (unpaired) electrons. The number of furan rings is 1. The molecule has 0 unspecified atom stereocenters. The zero-order valence-electron chi connectivity index (χ0n) is 16.0. The molecule has 4 aromatic rings. The number of rotatable bonds is 7. The lowest BCUT2D eigenvalue weighted by molar-refractivity contribution is -0.384. The minimum absolute atomic E-state index is 0.0763. The van der Waals surface area contributed by atoms with Gasteiger partial charge in [0.25, 0.3) is 11.6 Å². The Labute approximate surface area is 175 Å². The van der Waals surface area contributed by atoms with E-state index in [1.54, 1.807) is 12.1 Å². The molecule has 0 aliphatic rings. The summed E-state index contributed by atoms with van der Waals surface area (Å²) in [5.41, 5.74) is 0.994. The Morgan fingerprint density at radius 3 is 2.70 bits per heavy atom. The first kappa shape index (κ1) is 19.6. The molecule has 0 fully saturated rings. The lowest BCUT2D eigenvalue weighted by Crippen LogP contribution is -2.30. The SMILES string of the molecule is CCOc1ccc2nc(N(Cc3ccco3)C(=O)c3ccc([N+](=O)[O-])cc3)sc2c1. The molecular weight excluding hydrogens is 406 g/mol. The molecule has 0 N–H and O–H groups in total. The van der Waals surface area contributed by atoms with Gasteiger partial charge in [0.15, 0.2) is 5.13 Å². The van der Waals surface area contributed by atoms with Crippen molar-refractivity contribution in [3.63, 3.8) is 0 Å². The van der Waals surface area contributed by atoms with Crippen LogP contribution < -0.4 is 9.64 Å². The molecule has 0 saturated carbocycles. The molecule has 0 aliphatic carbocycles. The lowest BCUT2D eigenvalue weighted by Gasteiger charge is -2.18. The largest absolute Gasteiger partial charge is 0.494 e. The van der Waals surface area contributed by atoms with Gasteiger partial charge in [-0.2, -0.15) is 0 Å². The normalized spacial score (nSPS) is 10.8. The average Bonchev–Trinajstić information content (AvgIpc) is 3.41. The molecule has 152 valence electrons. The van der Waals surface area contributed by atoms with E-state index in [-0.39, 0.29) is 18.1 Å². The predicted octanol–water partition coefficient (Wildman–Crippen LogP) is 5.04. The van der Waals surface area contributed by atoms with Crippen LogP contribution in [0.25, 0.3) is 10.2 Å². The average molecular weight is 423 g/mol. The first-order valence-electron chi connectivity index (χ1n) is 9.17. The fourth-order valence-corrected chi connectivity index (χ4v) is 3.92. The number of carbonyl (C=O) groups is 1. The number of thiazole rings is 1. The Kier molecular flexibility index (Phi) is 5.44. The van der Waals surface area contributed by atoms with Crippen molar-refractivity contribution in [3.05, 3.63) is 82.3 Å². The number of nitro benzene ring substituents is 1. The van der Waals surface area contributed by atoms with Crippen LogP contribution in [0.2, 0.25) is 0 Å². The van der Waals surface area contributed by atoms with Crippen molar-refractivity contribution in [3.8, 4) is 5.75 Å². The standard InChI is InChI=1S/C21H17N3O5S/c1-2-28-16-9-10-18-19(12-16)30-21(22-18)23(13-17-4-3-11-29-17)20(25)14-5-7-15(8-6-14)24(26)27/h3-12H,2,13H2,1H3. The van der Waals surface area contributed by atoms with E-state index in [4.69, 9.17) is 9.15 Å². The molecule has 1 amide bonds. The van der Waals surface area contributed by atoms with E-state index in [2.05, 4.69) is 4.98 Å². The minimum atomic E-state index is -0.502. The van der Waals surface area contributed by atoms with Crippen LogP contribution in [-0.2, 0) is 6.54 Å². The van der Waals surface area contributed by atoms with E-state index in [1.165, 1.54) is 46.8 Å². The molecule has 0 aliphatic heterocycles. The van der Waals surface area contributed by atoms with E-state index in [1.807, 2.05) is 25.1 Å². The fraction of sp³-hybridized carbons (Fsp3) is 0.143. The third kappa shape index (κ3) is 4.01. The van der Waals surface area contributed by atoms with E-state index < -0.39 is 4.92 Å². The number of amides is 1. The van der Waals surface area contributed by atoms with Crippen molar-refractivity contribution in [2.45, 2.75) is 13.5 Å². The summed E-state index contributed by atoms with van der Waals surface area (Å²) < 4.78 is 11.9. The molecule has 0 saturated heterocycles. The molecule has 2 heterocycles. The number of aromatic nitrogens is 1. The smallest absolute Gasteiger partial charge is 0.269 e. The quantitative estimate of drug-likeness (QED) is 0.305. The third-order valence-electron chi connectivity index (χ3n) is 4.35. The maximum absolute atomic E-state index is 13.3. The van der Waals surface area contributed by atoms with Gasteiger partial charge < -0.3 is 9.15 Å². The fourth-order valence-electron chi connectivity index (χ4n) is 2.93. The number of anilines is 1. The van der Waals surface area contributed by atoms with E-state index in [9.17, 15) is 14.9 Å². The Morgan fingerprint density at radius 1 is 1.23 bits per heavy atom. The number of hydrogen-bond donors (Lipinski definition) is 0. The second-order valence-corrected chi connectivity index (χ2v) is 7.34. The van der Waals surface area contributed by atoms with Gasteiger partial charge in [0, 0.05) is 17.7 Å². The minimum Gasteiger partial charge on any atom is -0.494 e. The highest BCUT2D eigenvalue weighted by Gasteiger charge is 2.23. The number of fused-ring (bicyclic) bond motifs is 1. The van der Waals surface area contributed by atoms with Crippen molar-refractivity contribution in [1.29, 1.82) is 0 Å². The van der Waals surface area contributed by atoms with Gasteiger partial charge in [-0.25, -0.2) is 4.98 Å². The van der Waals surface area contributed by atoms with Crippen LogP contribution in [0.4, 0.5) is 10.8 Å². The predicted molar refractivity (Wildman–Crippen MR) is 113 cm³/mol. The van der Waals surface area contributed by atoms with Gasteiger partial charge in [-0.05, 0) is 49.4 Å². The maximum atomic E-state index is 13.3. The number of benzene rings is 2. The van der Waals surface area contributed by atoms with E-state index >= 15 is 0 Å². The molecule has 0 atom stereocenters. The number of nitrogens with zero attached hydrogens (tertiary/aromatic N) is 3. The molecular formula is C21H17N3O5S. The summed E-state index contributed by atoms with van der Waals surface area (Å²) in [6.45, 7) is 2.65. The van der Waals surface area contributed by atoms with Crippen molar-refractivity contribution in [1.82, 2.24) is 4.98 Å². The molecule has 0 bridgehead atoms. The van der Waals surface area contributed by atoms with Crippen molar-refractivity contribution in [2.24, 2.45) is 0 Å². The van der Waals surface area contributed by atoms with Gasteiger partial charge in [0.2, 0.25) is 0 Å². The van der Waals surface area contributed by atoms with Crippen molar-refractivity contribution < 1.29 is 18.9 Å². The Bertz CT molecular complexity index is 1190. The van der Waals surface area contributed by atoms with Crippen LogP contribution in [-0.4, -0.2) is 22.4 Å². The maximum Gasteiger partial charge on any atom is 0.269 e. The number of nitro groups is 1. The summed E-state index contributed by atoms with van der Waals surface area (Å²) in [4.78, 5) is 29.8. The van der Waals surface area contributed by atoms with Crippen LogP contribution in [0.15, 0.2) is 65.3 Å². The van der Waals surface area contributed by atoms with Crippen LogP contribution >= 0.6 is 11.3 Å². The van der Waals surface area contributed by atoms with Gasteiger partial charge in [0.1, 0.15) is 11.5 Å². The second-order valence-electron chi connectivity index (χ2n) is 6.33. The second kappa shape index (κ2) is 8.34. The van der Waals surface area contributed by atoms with Crippen LogP contribution in [0, 0.1) is 10.1 Å². The summed E-state index contributed by atoms with van der Waals surface area (Å²) in [6.07, 6.45) is 1.54. The summed E-state index contributed by atoms with van der Waals surface area (Å²) in [7, 11) is 0. The lowest BCUT2D eigenvalue weighted by atomic mass is 10.2. The van der Waals surface area contributed by atoms with Crippen LogP contribution in [0.3, 0.4) is 0 Å². The Balaban J connectivity index is 1.71. The van der Waals surface area contributed by atoms with E-state index in [0.717, 1.165) is 16.0 Å². The molecule has 9 heteroatoms. The number of hydrogen-bond acceptors (Lipinski definition) is 7. The van der Waals surface area contributed by atoms with Gasteiger partial charge in [-0.3, -0.25) is 19.8 Å². The molecule has 4 rings (SSSR count). The van der Waals surface area contributed by atoms with E-state index in [0.29, 0.717) is 23.1 Å². The monoisotopic (exact) mass is 423 g/mol. The summed E-state index contributed by atoms with van der Waals surface area (Å²) in [5.74, 6) is 1.00. The molecule has 8 nitrogen and oxygen atoms in total. The molecule has 30 heavy (non-hydrogen) atoms. The molecule has 0 spiro atoms. The number of non-ortho nitro benzene ring substituents is 1. The summed E-state index contributed by atoms with van der Waals surface area (Å²) in [5, 5.41) is 11.4. The topological polar surface area (TPSA) is 98.7 Å². The van der Waals surface area contributed by atoms with Crippen LogP contribution in [0.5, 0.6) is 5.75 Å². The van der Waals surface area contributed by atoms with Crippen molar-refractivity contribution in [2.75, 3.05) is 11.5 Å². The number of ether oxygens (including phenoxy) is 1. The van der Waals surface area contributed by atoms with Crippen molar-refractivity contribution >= 4 is 38.3 Å². The first-order valence-corrected chi connectivity index (χ1v) is 9.99. The molecule has 2 aromatic carbocycles. The van der Waals surface area contributed by atoms with Gasteiger partial charge in [-0.15, -0.1) is 0 Å². The van der Waals surface area contributed by atoms with Gasteiger partial charge in [-0.1, -0.05) is 11.3 Å². The highest BCUT2D eigenvalue weighted by atomic mass is 32.1. The zero-order chi connectivity index (χ0) is 21.1. The zero-order valence-corrected chi connectivity index (χ0v) is 16.8.